The summed E-state index contributed by atoms with van der Waals surface area (Å²) in [5.74, 6) is 0.409. The maximum atomic E-state index is 12.5. The number of aryl methyl sites for hydroxylation is 1. The lowest BCUT2D eigenvalue weighted by Gasteiger charge is -2.15. The molecule has 206 valence electrons. The van der Waals surface area contributed by atoms with Gasteiger partial charge in [0, 0.05) is 23.5 Å². The van der Waals surface area contributed by atoms with Gasteiger partial charge in [0.2, 0.25) is 0 Å². The predicted molar refractivity (Wildman–Crippen MR) is 157 cm³/mol. The molecule has 1 saturated carbocycles. The highest BCUT2D eigenvalue weighted by Gasteiger charge is 2.52. The highest BCUT2D eigenvalue weighted by Crippen LogP contribution is 2.49. The van der Waals surface area contributed by atoms with E-state index in [2.05, 4.69) is 22.3 Å². The maximum Gasteiger partial charge on any atom is 0.316 e. The summed E-state index contributed by atoms with van der Waals surface area (Å²) in [7, 11) is 0. The number of hydrogen-bond acceptors (Lipinski definition) is 6. The van der Waals surface area contributed by atoms with E-state index in [1.807, 2.05) is 92.8 Å². The van der Waals surface area contributed by atoms with Crippen molar-refractivity contribution in [1.82, 2.24) is 10.1 Å². The largest absolute Gasteiger partial charge is 0.465 e. The number of aliphatic hydroxyl groups excluding tert-OH is 1. The molecule has 1 aliphatic rings. The minimum absolute atomic E-state index is 0.129. The smallest absolute Gasteiger partial charge is 0.316 e. The van der Waals surface area contributed by atoms with Crippen molar-refractivity contribution in [3.05, 3.63) is 131 Å². The Morgan fingerprint density at radius 3 is 2.24 bits per heavy atom. The molecular formula is C35H32N2O4. The molecule has 1 aliphatic carbocycles. The second kappa shape index (κ2) is 11.1. The van der Waals surface area contributed by atoms with Crippen LogP contribution in [0.5, 0.6) is 0 Å². The van der Waals surface area contributed by atoms with E-state index in [9.17, 15) is 9.90 Å². The number of ether oxygens (including phenoxy) is 1. The first-order valence-electron chi connectivity index (χ1n) is 14.0. The number of nitrogens with zero attached hydrogens (tertiary/aromatic N) is 2. The van der Waals surface area contributed by atoms with Crippen molar-refractivity contribution in [3.8, 4) is 22.5 Å². The number of carbonyl (C=O) groups excluding carboxylic acids is 1. The highest BCUT2D eigenvalue weighted by atomic mass is 16.5. The lowest BCUT2D eigenvalue weighted by atomic mass is 9.93. The van der Waals surface area contributed by atoms with Crippen molar-refractivity contribution in [3.63, 3.8) is 0 Å². The quantitative estimate of drug-likeness (QED) is 0.202. The van der Waals surface area contributed by atoms with E-state index < -0.39 is 11.5 Å². The van der Waals surface area contributed by atoms with Crippen LogP contribution in [0.2, 0.25) is 0 Å². The minimum Gasteiger partial charge on any atom is -0.465 e. The van der Waals surface area contributed by atoms with Gasteiger partial charge in [-0.15, -0.1) is 0 Å². The number of benzene rings is 3. The first kappa shape index (κ1) is 26.7. The van der Waals surface area contributed by atoms with Crippen molar-refractivity contribution < 1.29 is 19.2 Å². The highest BCUT2D eigenvalue weighted by molar-refractivity contribution is 5.87. The molecule has 41 heavy (non-hydrogen) atoms. The molecule has 0 aliphatic heterocycles. The van der Waals surface area contributed by atoms with Crippen LogP contribution < -0.4 is 0 Å². The zero-order valence-electron chi connectivity index (χ0n) is 23.2. The molecule has 6 nitrogen and oxygen atoms in total. The van der Waals surface area contributed by atoms with Crippen LogP contribution in [-0.4, -0.2) is 27.8 Å². The molecule has 0 amide bonds. The summed E-state index contributed by atoms with van der Waals surface area (Å²) in [5.41, 5.74) is 7.62. The second-order valence-electron chi connectivity index (χ2n) is 10.7. The molecule has 0 radical (unpaired) electrons. The van der Waals surface area contributed by atoms with Crippen molar-refractivity contribution in [2.45, 2.75) is 44.6 Å². The van der Waals surface area contributed by atoms with Gasteiger partial charge in [0.1, 0.15) is 6.10 Å². The molecule has 1 N–H and O–H groups in total. The summed E-state index contributed by atoms with van der Waals surface area (Å²) in [6, 6.07) is 28.3. The van der Waals surface area contributed by atoms with E-state index in [1.54, 1.807) is 6.20 Å². The Morgan fingerprint density at radius 1 is 0.927 bits per heavy atom. The fourth-order valence-electron chi connectivity index (χ4n) is 5.46. The van der Waals surface area contributed by atoms with Crippen molar-refractivity contribution in [2.75, 3.05) is 6.61 Å². The Bertz CT molecular complexity index is 1650. The van der Waals surface area contributed by atoms with Crippen LogP contribution in [-0.2, 0) is 21.4 Å². The van der Waals surface area contributed by atoms with Crippen LogP contribution in [0.25, 0.3) is 22.5 Å². The lowest BCUT2D eigenvalue weighted by Crippen LogP contribution is -2.23. The summed E-state index contributed by atoms with van der Waals surface area (Å²) in [5, 5.41) is 15.6. The SMILES string of the molecule is CCOC(=O)C1(c2ccc(-c3ccc(-c4onc(C)c4C(O)c4cncc(Cc5ccccc5)c4)cc3)cc2)CC1. The zero-order valence-corrected chi connectivity index (χ0v) is 23.2. The van der Waals surface area contributed by atoms with Gasteiger partial charge >= 0.3 is 5.97 Å². The van der Waals surface area contributed by atoms with Crippen LogP contribution in [0.1, 0.15) is 59.4 Å². The van der Waals surface area contributed by atoms with Gasteiger partial charge < -0.3 is 14.4 Å². The molecule has 3 aromatic carbocycles. The molecule has 2 heterocycles. The van der Waals surface area contributed by atoms with E-state index in [0.717, 1.165) is 47.1 Å². The Kier molecular flexibility index (Phi) is 7.25. The molecule has 6 heteroatoms. The number of aromatic nitrogens is 2. The molecule has 1 unspecified atom stereocenters. The van der Waals surface area contributed by atoms with Crippen molar-refractivity contribution in [2.24, 2.45) is 0 Å². The Labute approximate surface area is 239 Å². The number of hydrogen-bond donors (Lipinski definition) is 1. The second-order valence-corrected chi connectivity index (χ2v) is 10.7. The average Bonchev–Trinajstić information content (AvgIpc) is 3.74. The van der Waals surface area contributed by atoms with E-state index in [-0.39, 0.29) is 5.97 Å². The molecule has 2 aromatic heterocycles. The topological polar surface area (TPSA) is 85.5 Å². The number of rotatable bonds is 9. The van der Waals surface area contributed by atoms with Crippen LogP contribution in [0.3, 0.4) is 0 Å². The average molecular weight is 545 g/mol. The van der Waals surface area contributed by atoms with Crippen LogP contribution in [0.15, 0.2) is 102 Å². The number of pyridine rings is 1. The normalized spacial score (nSPS) is 14.4. The van der Waals surface area contributed by atoms with Gasteiger partial charge in [-0.2, -0.15) is 0 Å². The van der Waals surface area contributed by atoms with Gasteiger partial charge in [-0.05, 0) is 67.0 Å². The van der Waals surface area contributed by atoms with Crippen molar-refractivity contribution in [1.29, 1.82) is 0 Å². The fourth-order valence-corrected chi connectivity index (χ4v) is 5.46. The third-order valence-electron chi connectivity index (χ3n) is 7.90. The number of aliphatic hydroxyl groups is 1. The maximum absolute atomic E-state index is 12.5. The Morgan fingerprint density at radius 2 is 1.59 bits per heavy atom. The molecular weight excluding hydrogens is 512 g/mol. The van der Waals surface area contributed by atoms with E-state index in [4.69, 9.17) is 9.26 Å². The molecule has 1 fully saturated rings. The predicted octanol–water partition coefficient (Wildman–Crippen LogP) is 6.98. The summed E-state index contributed by atoms with van der Waals surface area (Å²) in [6.07, 6.45) is 4.99. The van der Waals surface area contributed by atoms with E-state index in [1.165, 1.54) is 5.56 Å². The molecule has 1 atom stereocenters. The van der Waals surface area contributed by atoms with Gasteiger partial charge in [-0.3, -0.25) is 9.78 Å². The molecule has 5 aromatic rings. The Hall–Kier alpha value is -4.55. The monoisotopic (exact) mass is 544 g/mol. The molecule has 0 spiro atoms. The minimum atomic E-state index is -0.930. The third kappa shape index (κ3) is 5.31. The van der Waals surface area contributed by atoms with E-state index >= 15 is 0 Å². The van der Waals surface area contributed by atoms with E-state index in [0.29, 0.717) is 29.2 Å². The zero-order chi connectivity index (χ0) is 28.4. The molecule has 0 bridgehead atoms. The first-order valence-corrected chi connectivity index (χ1v) is 14.0. The Balaban J connectivity index is 1.22. The van der Waals surface area contributed by atoms with Crippen LogP contribution in [0, 0.1) is 6.92 Å². The lowest BCUT2D eigenvalue weighted by molar-refractivity contribution is -0.146. The van der Waals surface area contributed by atoms with Crippen molar-refractivity contribution >= 4 is 5.97 Å². The summed E-state index contributed by atoms with van der Waals surface area (Å²) < 4.78 is 11.0. The van der Waals surface area contributed by atoms with Crippen LogP contribution in [0.4, 0.5) is 0 Å². The van der Waals surface area contributed by atoms with Gasteiger partial charge in [0.15, 0.2) is 5.76 Å². The number of carbonyl (C=O) groups is 1. The van der Waals surface area contributed by atoms with Gasteiger partial charge in [-0.25, -0.2) is 0 Å². The van der Waals surface area contributed by atoms with Gasteiger partial charge in [0.05, 0.1) is 23.3 Å². The summed E-state index contributed by atoms with van der Waals surface area (Å²) in [6.45, 7) is 4.07. The first-order chi connectivity index (χ1) is 20.0. The summed E-state index contributed by atoms with van der Waals surface area (Å²) >= 11 is 0. The standard InChI is InChI=1S/C35H32N2O4/c1-3-40-34(39)35(17-18-35)30-15-13-27(14-16-30)26-9-11-28(12-10-26)33-31(23(2)37-41-33)32(38)29-20-25(21-36-22-29)19-24-7-5-4-6-8-24/h4-16,20-22,32,38H,3,17-19H2,1-2H3. The molecule has 6 rings (SSSR count). The van der Waals surface area contributed by atoms with Gasteiger partial charge in [-0.1, -0.05) is 84.0 Å². The number of esters is 1. The molecule has 0 saturated heterocycles. The fraction of sp³-hybridized carbons (Fsp3) is 0.229. The van der Waals surface area contributed by atoms with Gasteiger partial charge in [0.25, 0.3) is 0 Å². The summed E-state index contributed by atoms with van der Waals surface area (Å²) in [4.78, 5) is 16.9. The third-order valence-corrected chi connectivity index (χ3v) is 7.90. The van der Waals surface area contributed by atoms with Crippen LogP contribution >= 0.6 is 0 Å².